The first-order chi connectivity index (χ1) is 12.6. The second kappa shape index (κ2) is 8.22. The molecule has 0 aliphatic carbocycles. The average Bonchev–Trinajstić information content (AvgIpc) is 3.10. The minimum atomic E-state index is -0.597. The van der Waals surface area contributed by atoms with Crippen molar-refractivity contribution in [3.05, 3.63) is 16.7 Å². The van der Waals surface area contributed by atoms with Crippen LogP contribution in [0, 0.1) is 0 Å². The summed E-state index contributed by atoms with van der Waals surface area (Å²) in [4.78, 5) is 14.2. The van der Waals surface area contributed by atoms with E-state index in [2.05, 4.69) is 22.1 Å². The molecular formula is C18H26ClN5O2. The Labute approximate surface area is 158 Å². The lowest BCUT2D eigenvalue weighted by atomic mass is 10.1. The summed E-state index contributed by atoms with van der Waals surface area (Å²) in [7, 11) is 1.49. The summed E-state index contributed by atoms with van der Waals surface area (Å²) in [5.41, 5.74) is 6.86. The van der Waals surface area contributed by atoms with Gasteiger partial charge in [0.25, 0.3) is 5.91 Å². The fraction of sp³-hybridized carbons (Fsp3) is 0.611. The van der Waals surface area contributed by atoms with Crippen LogP contribution in [-0.4, -0.2) is 52.5 Å². The van der Waals surface area contributed by atoms with Gasteiger partial charge in [-0.2, -0.15) is 0 Å². The van der Waals surface area contributed by atoms with Crippen LogP contribution in [0.5, 0.6) is 5.75 Å². The highest BCUT2D eigenvalue weighted by molar-refractivity contribution is 6.35. The zero-order valence-corrected chi connectivity index (χ0v) is 16.1. The molecule has 7 nitrogen and oxygen atoms in total. The van der Waals surface area contributed by atoms with Gasteiger partial charge in [-0.15, -0.1) is 5.10 Å². The van der Waals surface area contributed by atoms with E-state index in [9.17, 15) is 4.79 Å². The maximum Gasteiger partial charge on any atom is 0.252 e. The lowest BCUT2D eigenvalue weighted by Gasteiger charge is -2.26. The topological polar surface area (TPSA) is 86.3 Å². The van der Waals surface area contributed by atoms with Gasteiger partial charge in [-0.25, -0.2) is 4.68 Å². The van der Waals surface area contributed by atoms with Crippen LogP contribution in [0.4, 0.5) is 0 Å². The number of ether oxygens (including phenoxy) is 1. The number of hydrogen-bond acceptors (Lipinski definition) is 5. The van der Waals surface area contributed by atoms with E-state index in [1.165, 1.54) is 26.4 Å². The Morgan fingerprint density at radius 1 is 1.38 bits per heavy atom. The van der Waals surface area contributed by atoms with Crippen molar-refractivity contribution in [1.82, 2.24) is 19.9 Å². The monoisotopic (exact) mass is 379 g/mol. The highest BCUT2D eigenvalue weighted by Crippen LogP contribution is 2.35. The van der Waals surface area contributed by atoms with Crippen molar-refractivity contribution >= 4 is 28.5 Å². The van der Waals surface area contributed by atoms with Gasteiger partial charge >= 0.3 is 0 Å². The number of fused-ring (bicyclic) bond motifs is 1. The second-order valence-corrected chi connectivity index (χ2v) is 7.19. The Bertz CT molecular complexity index is 791. The predicted octanol–water partition coefficient (Wildman–Crippen LogP) is 3.02. The first-order valence-corrected chi connectivity index (χ1v) is 9.58. The van der Waals surface area contributed by atoms with Gasteiger partial charge in [0.1, 0.15) is 5.52 Å². The summed E-state index contributed by atoms with van der Waals surface area (Å²) in [5, 5.41) is 9.08. The number of hydrogen-bond donors (Lipinski definition) is 1. The number of benzene rings is 1. The average molecular weight is 380 g/mol. The Morgan fingerprint density at radius 2 is 2.15 bits per heavy atom. The number of amides is 1. The lowest BCUT2D eigenvalue weighted by molar-refractivity contribution is 0.0997. The molecule has 3 rings (SSSR count). The fourth-order valence-corrected chi connectivity index (χ4v) is 4.02. The Morgan fingerprint density at radius 3 is 2.85 bits per heavy atom. The summed E-state index contributed by atoms with van der Waals surface area (Å²) in [6, 6.07) is 1.73. The maximum absolute atomic E-state index is 11.7. The summed E-state index contributed by atoms with van der Waals surface area (Å²) in [5.74, 6) is -0.265. The van der Waals surface area contributed by atoms with Gasteiger partial charge in [0, 0.05) is 6.54 Å². The van der Waals surface area contributed by atoms with Crippen molar-refractivity contribution in [2.75, 3.05) is 26.7 Å². The molecule has 26 heavy (non-hydrogen) atoms. The van der Waals surface area contributed by atoms with Gasteiger partial charge in [-0.1, -0.05) is 43.0 Å². The molecule has 2 aromatic rings. The molecule has 1 unspecified atom stereocenters. The number of primary amides is 1. The largest absolute Gasteiger partial charge is 0.493 e. The zero-order valence-electron chi connectivity index (χ0n) is 15.4. The minimum Gasteiger partial charge on any atom is -0.493 e. The Balaban J connectivity index is 2.07. The van der Waals surface area contributed by atoms with Gasteiger partial charge in [0.2, 0.25) is 0 Å². The third-order valence-electron chi connectivity index (χ3n) is 5.14. The first kappa shape index (κ1) is 18.9. The van der Waals surface area contributed by atoms with E-state index in [1.807, 2.05) is 4.68 Å². The van der Waals surface area contributed by atoms with Crippen LogP contribution in [0.25, 0.3) is 11.0 Å². The normalized spacial score (nSPS) is 19.7. The molecule has 142 valence electrons. The van der Waals surface area contributed by atoms with Gasteiger partial charge in [-0.05, 0) is 32.0 Å². The molecule has 1 aliphatic rings. The third kappa shape index (κ3) is 3.64. The van der Waals surface area contributed by atoms with Gasteiger partial charge < -0.3 is 15.4 Å². The van der Waals surface area contributed by atoms with Crippen LogP contribution in [-0.2, 0) is 0 Å². The molecule has 1 fully saturated rings. The van der Waals surface area contributed by atoms with E-state index in [-0.39, 0.29) is 11.6 Å². The number of carbonyl (C=O) groups excluding carboxylic acids is 1. The Hall–Kier alpha value is -1.86. The number of halogens is 1. The fourth-order valence-electron chi connectivity index (χ4n) is 3.74. The van der Waals surface area contributed by atoms with E-state index in [4.69, 9.17) is 22.1 Å². The summed E-state index contributed by atoms with van der Waals surface area (Å²) < 4.78 is 7.30. The standard InChI is InChI=1S/C18H26ClN5O2/c1-3-23-9-7-5-4-6-8-12(11-23)24-16-14(19)10-13(18(20)25)17(26-2)15(16)21-22-24/h10,12H,3-9,11H2,1-2H3,(H2,20,25). The number of nitrogens with zero attached hydrogens (tertiary/aromatic N) is 4. The van der Waals surface area contributed by atoms with Crippen molar-refractivity contribution in [3.63, 3.8) is 0 Å². The van der Waals surface area contributed by atoms with Crippen molar-refractivity contribution in [2.45, 2.75) is 45.1 Å². The molecule has 0 saturated carbocycles. The molecule has 2 heterocycles. The maximum atomic E-state index is 11.7. The van der Waals surface area contributed by atoms with Crippen molar-refractivity contribution in [1.29, 1.82) is 0 Å². The van der Waals surface area contributed by atoms with Gasteiger partial charge in [0.05, 0.1) is 23.7 Å². The SMILES string of the molecule is CCN1CCCCCCC(n2nnc3c(OC)c(C(N)=O)cc(Cl)c32)C1. The molecule has 1 amide bonds. The molecule has 8 heteroatoms. The molecular weight excluding hydrogens is 354 g/mol. The summed E-state index contributed by atoms with van der Waals surface area (Å²) >= 11 is 6.50. The van der Waals surface area contributed by atoms with Crippen molar-refractivity contribution in [3.8, 4) is 5.75 Å². The minimum absolute atomic E-state index is 0.180. The molecule has 0 spiro atoms. The zero-order chi connectivity index (χ0) is 18.7. The smallest absolute Gasteiger partial charge is 0.252 e. The van der Waals surface area contributed by atoms with Gasteiger partial charge in [0.15, 0.2) is 11.3 Å². The molecule has 1 aliphatic heterocycles. The van der Waals surface area contributed by atoms with Crippen LogP contribution in [0.2, 0.25) is 5.02 Å². The quantitative estimate of drug-likeness (QED) is 0.882. The van der Waals surface area contributed by atoms with E-state index in [1.54, 1.807) is 6.07 Å². The highest BCUT2D eigenvalue weighted by atomic mass is 35.5. The summed E-state index contributed by atoms with van der Waals surface area (Å²) in [6.45, 7) is 5.20. The number of likely N-dealkylation sites (N-methyl/N-ethyl adjacent to an activating group) is 1. The van der Waals surface area contributed by atoms with Crippen LogP contribution < -0.4 is 10.5 Å². The number of methoxy groups -OCH3 is 1. The number of carbonyl (C=O) groups is 1. The molecule has 1 atom stereocenters. The van der Waals surface area contributed by atoms with Gasteiger partial charge in [-0.3, -0.25) is 4.79 Å². The number of aromatic nitrogens is 3. The van der Waals surface area contributed by atoms with Crippen LogP contribution in [0.15, 0.2) is 6.07 Å². The van der Waals surface area contributed by atoms with E-state index in [0.717, 1.165) is 32.5 Å². The predicted molar refractivity (Wildman–Crippen MR) is 102 cm³/mol. The van der Waals surface area contributed by atoms with Crippen LogP contribution in [0.1, 0.15) is 55.4 Å². The van der Waals surface area contributed by atoms with Crippen molar-refractivity contribution < 1.29 is 9.53 Å². The summed E-state index contributed by atoms with van der Waals surface area (Å²) in [6.07, 6.45) is 5.89. The third-order valence-corrected chi connectivity index (χ3v) is 5.43. The van der Waals surface area contributed by atoms with Crippen LogP contribution in [0.3, 0.4) is 0 Å². The molecule has 1 aromatic carbocycles. The van der Waals surface area contributed by atoms with E-state index < -0.39 is 5.91 Å². The Kier molecular flexibility index (Phi) is 5.98. The number of nitrogens with two attached hydrogens (primary N) is 1. The van der Waals surface area contributed by atoms with Crippen LogP contribution >= 0.6 is 11.6 Å². The van der Waals surface area contributed by atoms with Crippen molar-refractivity contribution in [2.24, 2.45) is 5.73 Å². The molecule has 1 saturated heterocycles. The second-order valence-electron chi connectivity index (χ2n) is 6.78. The molecule has 0 radical (unpaired) electrons. The van der Waals surface area contributed by atoms with E-state index in [0.29, 0.717) is 21.8 Å². The highest BCUT2D eigenvalue weighted by Gasteiger charge is 2.25. The molecule has 2 N–H and O–H groups in total. The van der Waals surface area contributed by atoms with E-state index >= 15 is 0 Å². The molecule has 1 aromatic heterocycles. The number of rotatable bonds is 4. The molecule has 0 bridgehead atoms. The first-order valence-electron chi connectivity index (χ1n) is 9.20. The lowest BCUT2D eigenvalue weighted by Crippen LogP contribution is -2.31.